The summed E-state index contributed by atoms with van der Waals surface area (Å²) in [6, 6.07) is 15.5. The lowest BCUT2D eigenvalue weighted by Gasteiger charge is -2.34. The van der Waals surface area contributed by atoms with Gasteiger partial charge in [-0.2, -0.15) is 5.26 Å². The molecule has 1 atom stereocenters. The van der Waals surface area contributed by atoms with Crippen molar-refractivity contribution in [1.29, 1.82) is 5.26 Å². The van der Waals surface area contributed by atoms with Crippen LogP contribution in [0.1, 0.15) is 43.9 Å². The minimum Gasteiger partial charge on any atom is -0.491 e. The second kappa shape index (κ2) is 13.0. The van der Waals surface area contributed by atoms with Crippen molar-refractivity contribution in [3.05, 3.63) is 71.8 Å². The van der Waals surface area contributed by atoms with Crippen LogP contribution in [0.4, 0.5) is 10.5 Å². The van der Waals surface area contributed by atoms with Crippen LogP contribution in [0, 0.1) is 16.7 Å². The van der Waals surface area contributed by atoms with Crippen molar-refractivity contribution in [2.75, 3.05) is 18.5 Å². The lowest BCUT2D eigenvalue weighted by molar-refractivity contribution is -0.124. The number of nitrogens with one attached hydrogen (secondary N) is 2. The van der Waals surface area contributed by atoms with E-state index in [-0.39, 0.29) is 13.2 Å². The van der Waals surface area contributed by atoms with E-state index in [9.17, 15) is 9.59 Å². The van der Waals surface area contributed by atoms with E-state index in [0.29, 0.717) is 35.4 Å². The van der Waals surface area contributed by atoms with Gasteiger partial charge in [0.2, 0.25) is 0 Å². The summed E-state index contributed by atoms with van der Waals surface area (Å²) in [5.41, 5.74) is 2.64. The van der Waals surface area contributed by atoms with Crippen molar-refractivity contribution in [2.24, 2.45) is 5.41 Å². The quantitative estimate of drug-likeness (QED) is 0.222. The van der Waals surface area contributed by atoms with Crippen molar-refractivity contribution in [1.82, 2.24) is 5.48 Å². The maximum absolute atomic E-state index is 12.8. The van der Waals surface area contributed by atoms with Crippen LogP contribution in [0.5, 0.6) is 5.75 Å². The number of hydroxylamine groups is 1. The van der Waals surface area contributed by atoms with Crippen LogP contribution in [0.2, 0.25) is 0 Å². The number of amides is 2. The Kier molecular flexibility index (Phi) is 10.1. The van der Waals surface area contributed by atoms with Crippen LogP contribution in [-0.2, 0) is 9.53 Å². The highest BCUT2D eigenvalue weighted by atomic mass is 16.6. The van der Waals surface area contributed by atoms with Gasteiger partial charge in [-0.25, -0.2) is 10.3 Å². The van der Waals surface area contributed by atoms with E-state index in [1.165, 1.54) is 11.6 Å². The molecule has 0 aromatic heterocycles. The molecule has 180 valence electrons. The van der Waals surface area contributed by atoms with E-state index in [0.717, 1.165) is 0 Å². The molecular formula is C25H29N3O6. The molecule has 0 bridgehead atoms. The van der Waals surface area contributed by atoms with Gasteiger partial charge in [0.15, 0.2) is 0 Å². The normalized spacial score (nSPS) is 12.0. The van der Waals surface area contributed by atoms with Gasteiger partial charge in [-0.15, -0.1) is 0 Å². The molecule has 2 aromatic carbocycles. The predicted octanol–water partition coefficient (Wildman–Crippen LogP) is 4.09. The van der Waals surface area contributed by atoms with Crippen molar-refractivity contribution < 1.29 is 29.4 Å². The van der Waals surface area contributed by atoms with E-state index in [4.69, 9.17) is 25.0 Å². The third-order valence-electron chi connectivity index (χ3n) is 5.05. The average Bonchev–Trinajstić information content (AvgIpc) is 2.84. The van der Waals surface area contributed by atoms with Crippen LogP contribution in [0.3, 0.4) is 0 Å². The number of benzene rings is 2. The molecule has 0 heterocycles. The minimum atomic E-state index is -0.677. The van der Waals surface area contributed by atoms with Gasteiger partial charge in [-0.3, -0.25) is 15.3 Å². The zero-order valence-corrected chi connectivity index (χ0v) is 19.2. The highest BCUT2D eigenvalue weighted by molar-refractivity contribution is 5.86. The van der Waals surface area contributed by atoms with E-state index < -0.39 is 23.5 Å². The molecule has 0 fully saturated rings. The highest BCUT2D eigenvalue weighted by Gasteiger charge is 2.34. The summed E-state index contributed by atoms with van der Waals surface area (Å²) >= 11 is 0. The SMILES string of the molecule is CC(C)(CC/C=C/C(=O)NO)[C@@H](OC(=O)Nc1ccc(C#N)cc1)c1cccc(OCCO)c1. The number of hydrogen-bond acceptors (Lipinski definition) is 7. The lowest BCUT2D eigenvalue weighted by Crippen LogP contribution is -2.29. The number of nitriles is 1. The fraction of sp³-hybridized carbons (Fsp3) is 0.320. The zero-order valence-electron chi connectivity index (χ0n) is 19.2. The van der Waals surface area contributed by atoms with Gasteiger partial charge in [-0.05, 0) is 54.8 Å². The second-order valence-corrected chi connectivity index (χ2v) is 8.15. The maximum Gasteiger partial charge on any atom is 0.412 e. The number of anilines is 1. The third-order valence-corrected chi connectivity index (χ3v) is 5.05. The standard InChI is InChI=1S/C25H29N3O6/c1-25(2,13-4-3-8-22(30)28-32)23(19-6-5-7-21(16-19)33-15-14-29)34-24(31)27-20-11-9-18(17-26)10-12-20/h3,5-12,16,23,29,32H,4,13-15H2,1-2H3,(H,27,31)(H,28,30)/b8-3+/t23-/m0/s1. The first-order valence-electron chi connectivity index (χ1n) is 10.7. The molecule has 2 aromatic rings. The van der Waals surface area contributed by atoms with Crippen molar-refractivity contribution in [2.45, 2.75) is 32.8 Å². The first-order valence-corrected chi connectivity index (χ1v) is 10.7. The van der Waals surface area contributed by atoms with Gasteiger partial charge in [-0.1, -0.05) is 32.1 Å². The first kappa shape index (κ1) is 26.4. The Bertz CT molecular complexity index is 1030. The molecule has 0 aliphatic carbocycles. The fourth-order valence-electron chi connectivity index (χ4n) is 3.31. The van der Waals surface area contributed by atoms with E-state index in [1.54, 1.807) is 48.5 Å². The van der Waals surface area contributed by atoms with Crippen LogP contribution >= 0.6 is 0 Å². The Hall–Kier alpha value is -3.87. The molecule has 4 N–H and O–H groups in total. The number of aliphatic hydroxyl groups excluding tert-OH is 1. The molecule has 9 heteroatoms. The smallest absolute Gasteiger partial charge is 0.412 e. The Balaban J connectivity index is 2.23. The number of hydrogen-bond donors (Lipinski definition) is 4. The number of carbonyl (C=O) groups excluding carboxylic acids is 2. The molecule has 2 rings (SSSR count). The number of allylic oxidation sites excluding steroid dienone is 1. The zero-order chi connectivity index (χ0) is 25.0. The van der Waals surface area contributed by atoms with E-state index >= 15 is 0 Å². The summed E-state index contributed by atoms with van der Waals surface area (Å²) in [7, 11) is 0. The molecule has 34 heavy (non-hydrogen) atoms. The monoisotopic (exact) mass is 467 g/mol. The molecule has 0 aliphatic rings. The summed E-state index contributed by atoms with van der Waals surface area (Å²) in [6.07, 6.45) is 2.56. The van der Waals surface area contributed by atoms with Gasteiger partial charge >= 0.3 is 6.09 Å². The minimum absolute atomic E-state index is 0.129. The summed E-state index contributed by atoms with van der Waals surface area (Å²) in [4.78, 5) is 24.0. The highest BCUT2D eigenvalue weighted by Crippen LogP contribution is 2.41. The Labute approximate surface area is 198 Å². The maximum atomic E-state index is 12.8. The topological polar surface area (TPSA) is 141 Å². The summed E-state index contributed by atoms with van der Waals surface area (Å²) in [5.74, 6) is -0.0934. The number of rotatable bonds is 11. The molecule has 0 saturated heterocycles. The number of ether oxygens (including phenoxy) is 2. The summed E-state index contributed by atoms with van der Waals surface area (Å²) in [5, 5.41) is 29.2. The third kappa shape index (κ3) is 8.24. The van der Waals surface area contributed by atoms with Gasteiger partial charge < -0.3 is 14.6 Å². The van der Waals surface area contributed by atoms with Gasteiger partial charge in [0.05, 0.1) is 18.2 Å². The van der Waals surface area contributed by atoms with Crippen LogP contribution < -0.4 is 15.5 Å². The molecule has 2 amide bonds. The van der Waals surface area contributed by atoms with Crippen LogP contribution in [-0.4, -0.2) is 35.5 Å². The van der Waals surface area contributed by atoms with Crippen molar-refractivity contribution in [3.8, 4) is 11.8 Å². The van der Waals surface area contributed by atoms with Crippen molar-refractivity contribution >= 4 is 17.7 Å². The molecule has 0 unspecified atom stereocenters. The van der Waals surface area contributed by atoms with Gasteiger partial charge in [0.25, 0.3) is 5.91 Å². The van der Waals surface area contributed by atoms with Gasteiger partial charge in [0, 0.05) is 17.2 Å². The predicted molar refractivity (Wildman–Crippen MR) is 125 cm³/mol. The Morgan fingerprint density at radius 1 is 1.21 bits per heavy atom. The van der Waals surface area contributed by atoms with Crippen LogP contribution in [0.15, 0.2) is 60.7 Å². The second-order valence-electron chi connectivity index (χ2n) is 8.15. The number of nitrogens with zero attached hydrogens (tertiary/aromatic N) is 1. The molecule has 0 saturated carbocycles. The van der Waals surface area contributed by atoms with Crippen LogP contribution in [0.25, 0.3) is 0 Å². The molecule has 9 nitrogen and oxygen atoms in total. The molecular weight excluding hydrogens is 438 g/mol. The molecule has 0 radical (unpaired) electrons. The largest absolute Gasteiger partial charge is 0.491 e. The van der Waals surface area contributed by atoms with Gasteiger partial charge in [0.1, 0.15) is 18.5 Å². The van der Waals surface area contributed by atoms with E-state index in [1.807, 2.05) is 26.0 Å². The summed E-state index contributed by atoms with van der Waals surface area (Å²) < 4.78 is 11.4. The fourth-order valence-corrected chi connectivity index (χ4v) is 3.31. The Morgan fingerprint density at radius 3 is 2.59 bits per heavy atom. The van der Waals surface area contributed by atoms with Crippen molar-refractivity contribution in [3.63, 3.8) is 0 Å². The van der Waals surface area contributed by atoms with E-state index in [2.05, 4.69) is 5.32 Å². The number of aliphatic hydroxyl groups is 1. The summed E-state index contributed by atoms with van der Waals surface area (Å²) in [6.45, 7) is 3.88. The molecule has 0 spiro atoms. The average molecular weight is 468 g/mol. The number of carbonyl (C=O) groups is 2. The Morgan fingerprint density at radius 2 is 1.94 bits per heavy atom. The first-order chi connectivity index (χ1) is 16.3. The lowest BCUT2D eigenvalue weighted by atomic mass is 9.78. The molecule has 0 aliphatic heterocycles.